The van der Waals surface area contributed by atoms with Crippen molar-refractivity contribution in [1.29, 1.82) is 0 Å². The first kappa shape index (κ1) is 13.5. The number of aryl methyl sites for hydroxylation is 1. The van der Waals surface area contributed by atoms with Crippen LogP contribution in [0.5, 0.6) is 0 Å². The second-order valence-corrected chi connectivity index (χ2v) is 5.50. The fraction of sp³-hybridized carbons (Fsp3) is 0.625. The Morgan fingerprint density at radius 1 is 1.33 bits per heavy atom. The Balaban J connectivity index is 2.12. The molecule has 1 atom stereocenters. The summed E-state index contributed by atoms with van der Waals surface area (Å²) < 4.78 is 13.2. The number of hydrogen-bond acceptors (Lipinski definition) is 1. The van der Waals surface area contributed by atoms with E-state index in [2.05, 4.69) is 12.2 Å². The van der Waals surface area contributed by atoms with Crippen LogP contribution in [-0.2, 0) is 0 Å². The molecule has 1 aliphatic rings. The maximum atomic E-state index is 13.2. The monoisotopic (exact) mass is 249 g/mol. The maximum Gasteiger partial charge on any atom is 0.123 e. The second kappa shape index (κ2) is 6.33. The van der Waals surface area contributed by atoms with Gasteiger partial charge in [0.1, 0.15) is 5.82 Å². The highest BCUT2D eigenvalue weighted by Crippen LogP contribution is 2.33. The second-order valence-electron chi connectivity index (χ2n) is 5.50. The summed E-state index contributed by atoms with van der Waals surface area (Å²) in [4.78, 5) is 0. The van der Waals surface area contributed by atoms with Crippen LogP contribution in [0.3, 0.4) is 0 Å². The lowest BCUT2D eigenvalue weighted by atomic mass is 9.91. The van der Waals surface area contributed by atoms with Crippen LogP contribution in [0.4, 0.5) is 4.39 Å². The third-order valence-electron chi connectivity index (χ3n) is 4.10. The summed E-state index contributed by atoms with van der Waals surface area (Å²) in [5.74, 6) is 0.714. The third-order valence-corrected chi connectivity index (χ3v) is 4.10. The van der Waals surface area contributed by atoms with E-state index in [-0.39, 0.29) is 5.82 Å². The van der Waals surface area contributed by atoms with Crippen molar-refractivity contribution < 1.29 is 4.39 Å². The summed E-state index contributed by atoms with van der Waals surface area (Å²) in [6, 6.07) is 5.57. The predicted octanol–water partition coefficient (Wildman–Crippen LogP) is 4.37. The molecule has 18 heavy (non-hydrogen) atoms. The Morgan fingerprint density at radius 3 is 2.67 bits per heavy atom. The molecule has 0 spiro atoms. The zero-order valence-electron chi connectivity index (χ0n) is 11.5. The van der Waals surface area contributed by atoms with Crippen molar-refractivity contribution >= 4 is 0 Å². The van der Waals surface area contributed by atoms with Gasteiger partial charge in [0.15, 0.2) is 0 Å². The van der Waals surface area contributed by atoms with Crippen molar-refractivity contribution in [2.24, 2.45) is 5.92 Å². The summed E-state index contributed by atoms with van der Waals surface area (Å²) in [7, 11) is 0. The highest BCUT2D eigenvalue weighted by Gasteiger charge is 2.21. The summed E-state index contributed by atoms with van der Waals surface area (Å²) in [6.07, 6.45) is 6.68. The maximum absolute atomic E-state index is 13.2. The molecule has 0 radical (unpaired) electrons. The van der Waals surface area contributed by atoms with Crippen LogP contribution in [0.15, 0.2) is 18.2 Å². The van der Waals surface area contributed by atoms with Crippen molar-refractivity contribution in [1.82, 2.24) is 5.32 Å². The summed E-state index contributed by atoms with van der Waals surface area (Å²) in [5.41, 5.74) is 2.34. The first-order valence-corrected chi connectivity index (χ1v) is 7.20. The molecule has 1 fully saturated rings. The Hall–Kier alpha value is -0.890. The third kappa shape index (κ3) is 3.32. The molecule has 0 amide bonds. The molecule has 1 aliphatic carbocycles. The molecular weight excluding hydrogens is 225 g/mol. The van der Waals surface area contributed by atoms with E-state index in [1.807, 2.05) is 13.0 Å². The molecule has 1 aromatic carbocycles. The standard InChI is InChI=1S/C16H24FN/c1-3-18-16(11-13-6-4-5-7-13)15-9-8-14(17)10-12(15)2/h8-10,13,16,18H,3-7,11H2,1-2H3. The van der Waals surface area contributed by atoms with Gasteiger partial charge in [-0.05, 0) is 49.1 Å². The lowest BCUT2D eigenvalue weighted by Crippen LogP contribution is -2.23. The molecule has 0 aliphatic heterocycles. The number of rotatable bonds is 5. The van der Waals surface area contributed by atoms with Gasteiger partial charge < -0.3 is 5.32 Å². The minimum atomic E-state index is -0.132. The van der Waals surface area contributed by atoms with Gasteiger partial charge in [0.2, 0.25) is 0 Å². The molecule has 1 saturated carbocycles. The van der Waals surface area contributed by atoms with Gasteiger partial charge in [-0.3, -0.25) is 0 Å². The molecule has 1 N–H and O–H groups in total. The van der Waals surface area contributed by atoms with Crippen molar-refractivity contribution in [2.75, 3.05) is 6.54 Å². The summed E-state index contributed by atoms with van der Waals surface area (Å²) in [6.45, 7) is 5.12. The van der Waals surface area contributed by atoms with Crippen molar-refractivity contribution in [2.45, 2.75) is 52.0 Å². The van der Waals surface area contributed by atoms with Gasteiger partial charge in [-0.25, -0.2) is 4.39 Å². The molecule has 1 aromatic rings. The van der Waals surface area contributed by atoms with E-state index in [1.54, 1.807) is 12.1 Å². The summed E-state index contributed by atoms with van der Waals surface area (Å²) >= 11 is 0. The van der Waals surface area contributed by atoms with E-state index in [4.69, 9.17) is 0 Å². The van der Waals surface area contributed by atoms with Crippen LogP contribution < -0.4 is 5.32 Å². The molecule has 1 nitrogen and oxygen atoms in total. The van der Waals surface area contributed by atoms with Crippen LogP contribution in [0, 0.1) is 18.7 Å². The molecule has 0 heterocycles. The smallest absolute Gasteiger partial charge is 0.123 e. The molecule has 1 unspecified atom stereocenters. The number of nitrogens with one attached hydrogen (secondary N) is 1. The number of hydrogen-bond donors (Lipinski definition) is 1. The molecular formula is C16H24FN. The van der Waals surface area contributed by atoms with E-state index in [1.165, 1.54) is 37.7 Å². The van der Waals surface area contributed by atoms with Crippen molar-refractivity contribution in [3.63, 3.8) is 0 Å². The zero-order chi connectivity index (χ0) is 13.0. The SMILES string of the molecule is CCNC(CC1CCCC1)c1ccc(F)cc1C. The van der Waals surface area contributed by atoms with Gasteiger partial charge >= 0.3 is 0 Å². The molecule has 2 heteroatoms. The van der Waals surface area contributed by atoms with Gasteiger partial charge in [-0.2, -0.15) is 0 Å². The molecule has 0 saturated heterocycles. The molecule has 2 rings (SSSR count). The zero-order valence-corrected chi connectivity index (χ0v) is 11.5. The Kier molecular flexibility index (Phi) is 4.76. The van der Waals surface area contributed by atoms with E-state index in [0.717, 1.165) is 18.0 Å². The van der Waals surface area contributed by atoms with E-state index < -0.39 is 0 Å². The van der Waals surface area contributed by atoms with E-state index in [0.29, 0.717) is 6.04 Å². The van der Waals surface area contributed by atoms with Crippen LogP contribution in [0.1, 0.15) is 56.2 Å². The lowest BCUT2D eigenvalue weighted by molar-refractivity contribution is 0.399. The Labute approximate surface area is 110 Å². The quantitative estimate of drug-likeness (QED) is 0.817. The molecule has 0 bridgehead atoms. The van der Waals surface area contributed by atoms with Crippen molar-refractivity contribution in [3.8, 4) is 0 Å². The highest BCUT2D eigenvalue weighted by atomic mass is 19.1. The van der Waals surface area contributed by atoms with E-state index in [9.17, 15) is 4.39 Å². The highest BCUT2D eigenvalue weighted by molar-refractivity contribution is 5.29. The fourth-order valence-corrected chi connectivity index (χ4v) is 3.18. The van der Waals surface area contributed by atoms with Crippen LogP contribution >= 0.6 is 0 Å². The Morgan fingerprint density at radius 2 is 2.06 bits per heavy atom. The van der Waals surface area contributed by atoms with Gasteiger partial charge in [0, 0.05) is 6.04 Å². The number of benzene rings is 1. The van der Waals surface area contributed by atoms with Crippen molar-refractivity contribution in [3.05, 3.63) is 35.1 Å². The first-order valence-electron chi connectivity index (χ1n) is 7.20. The van der Waals surface area contributed by atoms with E-state index >= 15 is 0 Å². The van der Waals surface area contributed by atoms with Gasteiger partial charge in [0.05, 0.1) is 0 Å². The summed E-state index contributed by atoms with van der Waals surface area (Å²) in [5, 5.41) is 3.56. The number of halogens is 1. The van der Waals surface area contributed by atoms with Crippen LogP contribution in [-0.4, -0.2) is 6.54 Å². The van der Waals surface area contributed by atoms with Crippen LogP contribution in [0.2, 0.25) is 0 Å². The van der Waals surface area contributed by atoms with Gasteiger partial charge in [-0.1, -0.05) is 38.7 Å². The molecule has 0 aromatic heterocycles. The largest absolute Gasteiger partial charge is 0.310 e. The fourth-order valence-electron chi connectivity index (χ4n) is 3.18. The lowest BCUT2D eigenvalue weighted by Gasteiger charge is -2.23. The van der Waals surface area contributed by atoms with Crippen LogP contribution in [0.25, 0.3) is 0 Å². The normalized spacial score (nSPS) is 18.2. The minimum Gasteiger partial charge on any atom is -0.310 e. The topological polar surface area (TPSA) is 12.0 Å². The Bertz CT molecular complexity index is 383. The predicted molar refractivity (Wildman–Crippen MR) is 74.1 cm³/mol. The minimum absolute atomic E-state index is 0.132. The average Bonchev–Trinajstić information content (AvgIpc) is 2.81. The van der Waals surface area contributed by atoms with Gasteiger partial charge in [0.25, 0.3) is 0 Å². The van der Waals surface area contributed by atoms with Gasteiger partial charge in [-0.15, -0.1) is 0 Å². The molecule has 100 valence electrons. The average molecular weight is 249 g/mol. The first-order chi connectivity index (χ1) is 8.70.